The second kappa shape index (κ2) is 1.63. The number of hydrogen-bond donors (Lipinski definition) is 0. The summed E-state index contributed by atoms with van der Waals surface area (Å²) in [4.78, 5) is 0.560. The van der Waals surface area contributed by atoms with Crippen molar-refractivity contribution in [1.82, 2.24) is 0 Å². The van der Waals surface area contributed by atoms with Gasteiger partial charge in [-0.3, -0.25) is 0 Å². The molecule has 0 aromatic heterocycles. The molecule has 0 saturated carbocycles. The third-order valence-corrected chi connectivity index (χ3v) is 1.37. The summed E-state index contributed by atoms with van der Waals surface area (Å²) in [6.45, 7) is 0. The van der Waals surface area contributed by atoms with Gasteiger partial charge in [0.1, 0.15) is 0 Å². The first-order valence-electron chi connectivity index (χ1n) is 1.90. The Bertz CT molecular complexity index is 80.1. The molecule has 0 fully saturated rings. The maximum atomic E-state index is 2.97. The predicted octanol–water partition coefficient (Wildman–Crippen LogP) is 1.07. The van der Waals surface area contributed by atoms with Gasteiger partial charge in [-0.2, -0.15) is 0 Å². The molecule has 0 heterocycles. The van der Waals surface area contributed by atoms with E-state index in [0.717, 1.165) is 0 Å². The molecule has 0 radical (unpaired) electrons. The molecule has 32 valence electrons. The monoisotopic (exact) mass is 145 g/mol. The van der Waals surface area contributed by atoms with E-state index in [1.54, 1.807) is 0 Å². The van der Waals surface area contributed by atoms with Crippen LogP contribution in [0.4, 0.5) is 0 Å². The third-order valence-electron chi connectivity index (χ3n) is 0.713. The van der Waals surface area contributed by atoms with Gasteiger partial charge in [0.05, 0.1) is 0 Å². The van der Waals surface area contributed by atoms with Crippen molar-refractivity contribution in [3.8, 4) is 0 Å². The van der Waals surface area contributed by atoms with Crippen LogP contribution in [0.15, 0.2) is 24.3 Å². The molecule has 0 atom stereocenters. The zero-order chi connectivity index (χ0) is 4.41. The van der Waals surface area contributed by atoms with Gasteiger partial charge in [0, 0.05) is 0 Å². The van der Waals surface area contributed by atoms with E-state index in [9.17, 15) is 0 Å². The van der Waals surface area contributed by atoms with Crippen molar-refractivity contribution in [1.29, 1.82) is 0 Å². The van der Waals surface area contributed by atoms with Crippen molar-refractivity contribution < 1.29 is 0 Å². The molecule has 0 amide bonds. The van der Waals surface area contributed by atoms with Gasteiger partial charge in [-0.25, -0.2) is 0 Å². The molecule has 0 N–H and O–H groups in total. The number of rotatable bonds is 0. The van der Waals surface area contributed by atoms with E-state index < -0.39 is 0 Å². The Balaban J connectivity index is 2.60. The molecule has 0 aromatic carbocycles. The first-order chi connectivity index (χ1) is 2.89. The van der Waals surface area contributed by atoms with Crippen molar-refractivity contribution in [3.63, 3.8) is 0 Å². The fourth-order valence-corrected chi connectivity index (χ4v) is 0.792. The molecule has 0 aliphatic heterocycles. The van der Waals surface area contributed by atoms with Crippen LogP contribution < -0.4 is 0 Å². The van der Waals surface area contributed by atoms with Crippen LogP contribution in [0.3, 0.4) is 0 Å². The normalized spacial score (nSPS) is 20.2. The molecule has 1 aliphatic carbocycles. The van der Waals surface area contributed by atoms with Gasteiger partial charge in [-0.1, -0.05) is 0 Å². The van der Waals surface area contributed by atoms with Crippen LogP contribution in [0.5, 0.6) is 0 Å². The minimum atomic E-state index is 0.560. The van der Waals surface area contributed by atoms with Crippen molar-refractivity contribution >= 4 is 16.0 Å². The SMILES string of the molecule is [Se-]C1C=CC=C1. The van der Waals surface area contributed by atoms with E-state index in [1.165, 1.54) is 0 Å². The Hall–Kier alpha value is -0.000519. The molecule has 0 unspecified atom stereocenters. The topological polar surface area (TPSA) is 0 Å². The first-order valence-corrected chi connectivity index (χ1v) is 2.89. The van der Waals surface area contributed by atoms with Gasteiger partial charge in [0.25, 0.3) is 0 Å². The Labute approximate surface area is 45.7 Å². The van der Waals surface area contributed by atoms with Gasteiger partial charge in [0.2, 0.25) is 0 Å². The quantitative estimate of drug-likeness (QED) is 0.446. The van der Waals surface area contributed by atoms with Gasteiger partial charge in [-0.15, -0.1) is 0 Å². The molecule has 0 aromatic rings. The summed E-state index contributed by atoms with van der Waals surface area (Å²) in [6.07, 6.45) is 8.31. The number of allylic oxidation sites excluding steroid dienone is 4. The second-order valence-corrected chi connectivity index (χ2v) is 2.38. The average molecular weight is 144 g/mol. The summed E-state index contributed by atoms with van der Waals surface area (Å²) in [5.41, 5.74) is 0. The van der Waals surface area contributed by atoms with Crippen molar-refractivity contribution in [2.45, 2.75) is 4.82 Å². The summed E-state index contributed by atoms with van der Waals surface area (Å²) in [7, 11) is 0. The van der Waals surface area contributed by atoms with E-state index in [-0.39, 0.29) is 0 Å². The Morgan fingerprint density at radius 1 is 1.17 bits per heavy atom. The van der Waals surface area contributed by atoms with E-state index in [4.69, 9.17) is 0 Å². The fraction of sp³-hybridized carbons (Fsp3) is 0.200. The van der Waals surface area contributed by atoms with Crippen LogP contribution in [0.2, 0.25) is 4.82 Å². The molecule has 1 rings (SSSR count). The summed E-state index contributed by atoms with van der Waals surface area (Å²) in [5.74, 6) is 0. The number of hydrogen-bond acceptors (Lipinski definition) is 0. The predicted molar refractivity (Wildman–Crippen MR) is 27.8 cm³/mol. The van der Waals surface area contributed by atoms with Crippen LogP contribution in [-0.4, -0.2) is 16.0 Å². The molecule has 0 saturated heterocycles. The van der Waals surface area contributed by atoms with Crippen molar-refractivity contribution in [2.75, 3.05) is 0 Å². The molecule has 0 bridgehead atoms. The second-order valence-electron chi connectivity index (χ2n) is 1.23. The van der Waals surface area contributed by atoms with Gasteiger partial charge in [0.15, 0.2) is 0 Å². The molecule has 0 nitrogen and oxygen atoms in total. The summed E-state index contributed by atoms with van der Waals surface area (Å²) in [6, 6.07) is 0. The Kier molecular flexibility index (Phi) is 1.13. The zero-order valence-electron chi connectivity index (χ0n) is 3.29. The van der Waals surface area contributed by atoms with Crippen LogP contribution >= 0.6 is 0 Å². The average Bonchev–Trinajstić information content (AvgIpc) is 1.86. The molecule has 1 heteroatoms. The van der Waals surface area contributed by atoms with Crippen LogP contribution in [0.1, 0.15) is 0 Å². The van der Waals surface area contributed by atoms with Crippen molar-refractivity contribution in [3.05, 3.63) is 24.3 Å². The van der Waals surface area contributed by atoms with Crippen LogP contribution in [0.25, 0.3) is 0 Å². The molecule has 1 aliphatic rings. The van der Waals surface area contributed by atoms with Crippen molar-refractivity contribution in [2.24, 2.45) is 0 Å². The van der Waals surface area contributed by atoms with Gasteiger partial charge >= 0.3 is 45.1 Å². The maximum absolute atomic E-state index is 2.97. The molecule has 0 spiro atoms. The fourth-order valence-electron chi connectivity index (χ4n) is 0.411. The zero-order valence-corrected chi connectivity index (χ0v) is 5.01. The molecule has 6 heavy (non-hydrogen) atoms. The Morgan fingerprint density at radius 2 is 1.67 bits per heavy atom. The molecular formula is C5H5Se-. The summed E-state index contributed by atoms with van der Waals surface area (Å²) in [5, 5.41) is 0. The van der Waals surface area contributed by atoms with E-state index in [0.29, 0.717) is 4.82 Å². The Morgan fingerprint density at radius 3 is 1.83 bits per heavy atom. The van der Waals surface area contributed by atoms with Gasteiger partial charge < -0.3 is 0 Å². The van der Waals surface area contributed by atoms with E-state index in [1.807, 2.05) is 12.2 Å². The summed E-state index contributed by atoms with van der Waals surface area (Å²) < 4.78 is 0. The first kappa shape index (κ1) is 4.17. The standard InChI is InChI=1S/C5H6Se/c6-5-3-1-2-4-5/h1-6H/p-1. The van der Waals surface area contributed by atoms with E-state index in [2.05, 4.69) is 28.2 Å². The third kappa shape index (κ3) is 0.734. The van der Waals surface area contributed by atoms with Crippen LogP contribution in [0, 0.1) is 0 Å². The van der Waals surface area contributed by atoms with Gasteiger partial charge in [-0.05, 0) is 0 Å². The van der Waals surface area contributed by atoms with E-state index >= 15 is 0 Å². The molecular weight excluding hydrogens is 139 g/mol. The summed E-state index contributed by atoms with van der Waals surface area (Å²) >= 11 is 2.97. The van der Waals surface area contributed by atoms with Crippen LogP contribution in [-0.2, 0) is 0 Å². The minimum absolute atomic E-state index is 0.560.